The predicted octanol–water partition coefficient (Wildman–Crippen LogP) is -5.75. The SMILES string of the molecule is CC(NC(=O)CN(C)C(=O)CNC(=O)CNC(=O)OC(C)(C)C)C(=O)NC(C)C(=O)N(C)CC(=O)NCC(=O)N(C)CC(=O)N(C)CC(=O)NCC(=O)N(C)CC(=O)O. The Morgan fingerprint density at radius 3 is 1.37 bits per heavy atom. The first-order valence-electron chi connectivity index (χ1n) is 17.9. The number of nitrogens with one attached hydrogen (secondary N) is 6. The minimum absolute atomic E-state index is 0.452. The average molecular weight is 844 g/mol. The van der Waals surface area contributed by atoms with E-state index in [9.17, 15) is 57.5 Å². The van der Waals surface area contributed by atoms with Crippen LogP contribution in [-0.2, 0) is 57.5 Å². The fourth-order valence-electron chi connectivity index (χ4n) is 4.26. The minimum Gasteiger partial charge on any atom is -0.480 e. The summed E-state index contributed by atoms with van der Waals surface area (Å²) in [6.45, 7) is 3.12. The van der Waals surface area contributed by atoms with Gasteiger partial charge < -0.3 is 66.2 Å². The lowest BCUT2D eigenvalue weighted by molar-refractivity contribution is -0.143. The van der Waals surface area contributed by atoms with Crippen molar-refractivity contribution < 1.29 is 67.4 Å². The molecule has 0 aromatic rings. The van der Waals surface area contributed by atoms with E-state index in [0.717, 1.165) is 24.5 Å². The van der Waals surface area contributed by atoms with Gasteiger partial charge in [-0.2, -0.15) is 0 Å². The molecule has 0 spiro atoms. The van der Waals surface area contributed by atoms with E-state index in [1.165, 1.54) is 49.1 Å². The number of aliphatic carboxylic acids is 1. The van der Waals surface area contributed by atoms with E-state index in [-0.39, 0.29) is 0 Å². The lowest BCUT2D eigenvalue weighted by Crippen LogP contribution is -2.54. The van der Waals surface area contributed by atoms with E-state index < -0.39 is 148 Å². The molecule has 0 fully saturated rings. The Morgan fingerprint density at radius 1 is 0.492 bits per heavy atom. The van der Waals surface area contributed by atoms with Gasteiger partial charge in [-0.15, -0.1) is 0 Å². The second kappa shape index (κ2) is 24.9. The normalized spacial score (nSPS) is 11.6. The third-order valence-corrected chi connectivity index (χ3v) is 7.57. The van der Waals surface area contributed by atoms with Crippen LogP contribution in [0.1, 0.15) is 34.6 Å². The van der Waals surface area contributed by atoms with Gasteiger partial charge in [-0.25, -0.2) is 4.79 Å². The number of carbonyl (C=O) groups is 12. The summed E-state index contributed by atoms with van der Waals surface area (Å²) in [5.74, 6) is -8.22. The van der Waals surface area contributed by atoms with Crippen molar-refractivity contribution in [2.75, 3.05) is 94.1 Å². The first kappa shape index (κ1) is 52.4. The van der Waals surface area contributed by atoms with Gasteiger partial charge in [-0.05, 0) is 34.6 Å². The molecule has 2 unspecified atom stereocenters. The number of alkyl carbamates (subject to hydrolysis) is 1. The van der Waals surface area contributed by atoms with E-state index in [0.29, 0.717) is 0 Å². The molecule has 59 heavy (non-hydrogen) atoms. The quantitative estimate of drug-likeness (QED) is 0.0535. The topological polar surface area (TPSA) is 323 Å². The lowest BCUT2D eigenvalue weighted by Gasteiger charge is -2.24. The molecule has 0 heterocycles. The summed E-state index contributed by atoms with van der Waals surface area (Å²) in [6, 6.07) is -2.32. The number of hydrogen-bond donors (Lipinski definition) is 7. The number of ether oxygens (including phenoxy) is 1. The predicted molar refractivity (Wildman–Crippen MR) is 204 cm³/mol. The van der Waals surface area contributed by atoms with Crippen LogP contribution in [0.3, 0.4) is 0 Å². The molecule has 0 saturated heterocycles. The standard InChI is InChI=1S/C34H57N11O14/c1-20(39-25(49)17-41(6)26(50)12-35-22(46)11-38-33(58)59-34(3,4)5)31(56)40-21(2)32(57)45(10)16-24(48)37-13-27(51)43(8)18-29(53)42(7)15-23(47)36-14-28(52)44(9)19-30(54)55/h20-21H,11-19H2,1-10H3,(H,35,46)(H,36,47)(H,37,48)(H,38,58)(H,39,49)(H,40,56)(H,54,55). The summed E-state index contributed by atoms with van der Waals surface area (Å²) in [6.07, 6.45) is -0.821. The highest BCUT2D eigenvalue weighted by atomic mass is 16.6. The van der Waals surface area contributed by atoms with Gasteiger partial charge >= 0.3 is 12.1 Å². The third kappa shape index (κ3) is 22.7. The number of hydrogen-bond acceptors (Lipinski definition) is 13. The number of nitrogens with zero attached hydrogens (tertiary/aromatic N) is 5. The van der Waals surface area contributed by atoms with Crippen molar-refractivity contribution in [1.29, 1.82) is 0 Å². The van der Waals surface area contributed by atoms with Crippen LogP contribution in [-0.4, -0.2) is 213 Å². The molecule has 0 radical (unpaired) electrons. The zero-order chi connectivity index (χ0) is 45.8. The van der Waals surface area contributed by atoms with E-state index in [4.69, 9.17) is 9.84 Å². The molecular formula is C34H57N11O14. The second-order valence-electron chi connectivity index (χ2n) is 14.3. The molecule has 332 valence electrons. The number of carbonyl (C=O) groups excluding carboxylic acids is 11. The minimum atomic E-state index is -1.24. The van der Waals surface area contributed by atoms with Crippen LogP contribution in [0, 0.1) is 0 Å². The molecule has 25 heteroatoms. The van der Waals surface area contributed by atoms with Gasteiger partial charge in [0.25, 0.3) is 0 Å². The molecule has 0 aromatic heterocycles. The smallest absolute Gasteiger partial charge is 0.408 e. The van der Waals surface area contributed by atoms with E-state index in [2.05, 4.69) is 31.9 Å². The first-order valence-corrected chi connectivity index (χ1v) is 17.9. The number of carboxylic acids is 1. The molecule has 0 rings (SSSR count). The molecule has 11 amide bonds. The van der Waals surface area contributed by atoms with Crippen molar-refractivity contribution in [2.45, 2.75) is 52.3 Å². The average Bonchev–Trinajstić information content (AvgIpc) is 3.12. The monoisotopic (exact) mass is 843 g/mol. The molecule has 0 aromatic carbocycles. The van der Waals surface area contributed by atoms with Crippen LogP contribution in [0.25, 0.3) is 0 Å². The third-order valence-electron chi connectivity index (χ3n) is 7.57. The molecule has 0 saturated carbocycles. The maximum absolute atomic E-state index is 12.8. The van der Waals surface area contributed by atoms with Crippen molar-refractivity contribution in [3.8, 4) is 0 Å². The lowest BCUT2D eigenvalue weighted by atomic mass is 10.2. The highest BCUT2D eigenvalue weighted by Gasteiger charge is 2.26. The van der Waals surface area contributed by atoms with Crippen molar-refractivity contribution >= 4 is 71.1 Å². The highest BCUT2D eigenvalue weighted by Crippen LogP contribution is 2.06. The van der Waals surface area contributed by atoms with Crippen LogP contribution >= 0.6 is 0 Å². The fraction of sp³-hybridized carbons (Fsp3) is 0.647. The zero-order valence-electron chi connectivity index (χ0n) is 35.0. The molecule has 0 aliphatic heterocycles. The summed E-state index contributed by atoms with van der Waals surface area (Å²) >= 11 is 0. The Bertz CT molecular complexity index is 1600. The molecule has 0 aliphatic rings. The molecule has 2 atom stereocenters. The highest BCUT2D eigenvalue weighted by molar-refractivity contribution is 5.95. The largest absolute Gasteiger partial charge is 0.480 e. The van der Waals surface area contributed by atoms with E-state index >= 15 is 0 Å². The van der Waals surface area contributed by atoms with Gasteiger partial charge in [-0.3, -0.25) is 52.7 Å². The number of carboxylic acid groups (broad SMARTS) is 1. The summed E-state index contributed by atoms with van der Waals surface area (Å²) in [5, 5.41) is 22.6. The fourth-order valence-corrected chi connectivity index (χ4v) is 4.26. The molecule has 0 aliphatic carbocycles. The van der Waals surface area contributed by atoms with E-state index in [1.807, 2.05) is 0 Å². The van der Waals surface area contributed by atoms with Crippen molar-refractivity contribution in [1.82, 2.24) is 56.4 Å². The van der Waals surface area contributed by atoms with Crippen molar-refractivity contribution in [2.24, 2.45) is 0 Å². The molecule has 25 nitrogen and oxygen atoms in total. The summed E-state index contributed by atoms with van der Waals surface area (Å²) in [7, 11) is 6.35. The Morgan fingerprint density at radius 2 is 0.898 bits per heavy atom. The number of amides is 11. The van der Waals surface area contributed by atoms with Crippen LogP contribution < -0.4 is 31.9 Å². The Kier molecular flexibility index (Phi) is 22.2. The molecule has 7 N–H and O–H groups in total. The summed E-state index contributed by atoms with van der Waals surface area (Å²) in [5.41, 5.74) is -0.769. The van der Waals surface area contributed by atoms with Gasteiger partial charge in [0.1, 0.15) is 30.8 Å². The molecule has 0 bridgehead atoms. The zero-order valence-corrected chi connectivity index (χ0v) is 35.0. The summed E-state index contributed by atoms with van der Waals surface area (Å²) in [4.78, 5) is 151. The van der Waals surface area contributed by atoms with Crippen LogP contribution in [0.4, 0.5) is 4.79 Å². The van der Waals surface area contributed by atoms with Crippen LogP contribution in [0.15, 0.2) is 0 Å². The maximum atomic E-state index is 12.8. The van der Waals surface area contributed by atoms with Crippen LogP contribution in [0.5, 0.6) is 0 Å². The van der Waals surface area contributed by atoms with Crippen molar-refractivity contribution in [3.05, 3.63) is 0 Å². The molecular weight excluding hydrogens is 786 g/mol. The number of likely N-dealkylation sites (N-methyl/N-ethyl adjacent to an activating group) is 5. The van der Waals surface area contributed by atoms with Crippen molar-refractivity contribution in [3.63, 3.8) is 0 Å². The Hall–Kier alpha value is -6.56. The summed E-state index contributed by atoms with van der Waals surface area (Å²) < 4.78 is 5.01. The van der Waals surface area contributed by atoms with E-state index in [1.54, 1.807) is 20.8 Å². The first-order chi connectivity index (χ1) is 27.1. The van der Waals surface area contributed by atoms with Gasteiger partial charge in [0.05, 0.1) is 45.8 Å². The van der Waals surface area contributed by atoms with Gasteiger partial charge in [-0.1, -0.05) is 0 Å². The van der Waals surface area contributed by atoms with Gasteiger partial charge in [0, 0.05) is 35.2 Å². The van der Waals surface area contributed by atoms with Gasteiger partial charge in [0.2, 0.25) is 59.1 Å². The van der Waals surface area contributed by atoms with Crippen LogP contribution in [0.2, 0.25) is 0 Å². The number of rotatable bonds is 22. The Balaban J connectivity index is 4.66. The van der Waals surface area contributed by atoms with Gasteiger partial charge in [0.15, 0.2) is 0 Å². The maximum Gasteiger partial charge on any atom is 0.408 e. The Labute approximate surface area is 341 Å². The second-order valence-corrected chi connectivity index (χ2v) is 14.3.